The van der Waals surface area contributed by atoms with E-state index in [1.54, 1.807) is 12.1 Å². The lowest BCUT2D eigenvalue weighted by atomic mass is 10.00. The van der Waals surface area contributed by atoms with Crippen molar-refractivity contribution in [2.75, 3.05) is 13.1 Å². The Balaban J connectivity index is 1.90. The molecule has 2 aromatic rings. The molecule has 0 aliphatic rings. The van der Waals surface area contributed by atoms with E-state index in [0.29, 0.717) is 25.1 Å². The molecular formula is C22H28N2O3. The van der Waals surface area contributed by atoms with E-state index in [9.17, 15) is 14.7 Å². The van der Waals surface area contributed by atoms with Gasteiger partial charge in [-0.3, -0.25) is 9.59 Å². The van der Waals surface area contributed by atoms with Crippen LogP contribution in [0.4, 0.5) is 0 Å². The smallest absolute Gasteiger partial charge is 0.251 e. The standard InChI is InChI=1S/C22H28N2O3/c1-4-20(25)18-9-5-16(6-10-18)17-7-11-19(12-8-17)22(27)24-14-13-23-21(26)15(2)3/h5-12,15,20,25H,4,13-14H2,1-3H3,(H,23,26)(H,24,27)/t20-/m1/s1. The van der Waals surface area contributed by atoms with Crippen molar-refractivity contribution in [3.8, 4) is 11.1 Å². The van der Waals surface area contributed by atoms with Gasteiger partial charge in [0.25, 0.3) is 5.91 Å². The average Bonchev–Trinajstić information content (AvgIpc) is 2.70. The van der Waals surface area contributed by atoms with Crippen LogP contribution in [-0.2, 0) is 4.79 Å². The summed E-state index contributed by atoms with van der Waals surface area (Å²) in [6, 6.07) is 15.2. The Kier molecular flexibility index (Phi) is 7.55. The lowest BCUT2D eigenvalue weighted by molar-refractivity contribution is -0.123. The Morgan fingerprint density at radius 3 is 1.93 bits per heavy atom. The van der Waals surface area contributed by atoms with Crippen LogP contribution in [0.1, 0.15) is 49.2 Å². The summed E-state index contributed by atoms with van der Waals surface area (Å²) < 4.78 is 0. The van der Waals surface area contributed by atoms with Crippen molar-refractivity contribution in [3.63, 3.8) is 0 Å². The van der Waals surface area contributed by atoms with E-state index in [1.165, 1.54) is 0 Å². The van der Waals surface area contributed by atoms with Gasteiger partial charge in [-0.05, 0) is 35.2 Å². The van der Waals surface area contributed by atoms with Gasteiger partial charge >= 0.3 is 0 Å². The molecule has 0 fully saturated rings. The highest BCUT2D eigenvalue weighted by Gasteiger charge is 2.08. The van der Waals surface area contributed by atoms with Crippen LogP contribution in [0.25, 0.3) is 11.1 Å². The van der Waals surface area contributed by atoms with Crippen LogP contribution >= 0.6 is 0 Å². The Bertz CT molecular complexity index is 752. The van der Waals surface area contributed by atoms with Gasteiger partial charge in [0.1, 0.15) is 0 Å². The molecule has 5 heteroatoms. The molecule has 0 saturated carbocycles. The quantitative estimate of drug-likeness (QED) is 0.626. The van der Waals surface area contributed by atoms with Crippen molar-refractivity contribution >= 4 is 11.8 Å². The molecule has 0 saturated heterocycles. The van der Waals surface area contributed by atoms with Crippen LogP contribution in [0.2, 0.25) is 0 Å². The van der Waals surface area contributed by atoms with Crippen LogP contribution in [0.15, 0.2) is 48.5 Å². The van der Waals surface area contributed by atoms with Crippen molar-refractivity contribution in [1.29, 1.82) is 0 Å². The van der Waals surface area contributed by atoms with Crippen molar-refractivity contribution in [1.82, 2.24) is 10.6 Å². The highest BCUT2D eigenvalue weighted by molar-refractivity contribution is 5.94. The molecule has 1 atom stereocenters. The lowest BCUT2D eigenvalue weighted by Crippen LogP contribution is -2.36. The average molecular weight is 368 g/mol. The fourth-order valence-electron chi connectivity index (χ4n) is 2.62. The molecule has 0 heterocycles. The number of aliphatic hydroxyl groups is 1. The van der Waals surface area contributed by atoms with Crippen molar-refractivity contribution in [2.45, 2.75) is 33.3 Å². The number of hydrogen-bond donors (Lipinski definition) is 3. The summed E-state index contributed by atoms with van der Waals surface area (Å²) in [5, 5.41) is 15.4. The monoisotopic (exact) mass is 368 g/mol. The maximum atomic E-state index is 12.2. The van der Waals surface area contributed by atoms with E-state index in [4.69, 9.17) is 0 Å². The first kappa shape index (κ1) is 20.6. The second-order valence-corrected chi connectivity index (χ2v) is 6.83. The number of nitrogens with one attached hydrogen (secondary N) is 2. The van der Waals surface area contributed by atoms with Crippen LogP contribution < -0.4 is 10.6 Å². The number of aliphatic hydroxyl groups excluding tert-OH is 1. The zero-order valence-corrected chi connectivity index (χ0v) is 16.2. The molecule has 0 bridgehead atoms. The molecule has 0 radical (unpaired) electrons. The molecule has 2 amide bonds. The van der Waals surface area contributed by atoms with E-state index in [1.807, 2.05) is 57.2 Å². The number of carbonyl (C=O) groups excluding carboxylic acids is 2. The highest BCUT2D eigenvalue weighted by atomic mass is 16.3. The summed E-state index contributed by atoms with van der Waals surface area (Å²) in [5.41, 5.74) is 3.52. The SMILES string of the molecule is CC[C@@H](O)c1ccc(-c2ccc(C(=O)NCCNC(=O)C(C)C)cc2)cc1. The summed E-state index contributed by atoms with van der Waals surface area (Å²) in [7, 11) is 0. The van der Waals surface area contributed by atoms with Crippen LogP contribution in [0.5, 0.6) is 0 Å². The molecular weight excluding hydrogens is 340 g/mol. The van der Waals surface area contributed by atoms with Gasteiger partial charge in [-0.2, -0.15) is 0 Å². The molecule has 0 aliphatic heterocycles. The zero-order chi connectivity index (χ0) is 19.8. The summed E-state index contributed by atoms with van der Waals surface area (Å²) in [5.74, 6) is -0.250. The van der Waals surface area contributed by atoms with Gasteiger partial charge in [-0.25, -0.2) is 0 Å². The second kappa shape index (κ2) is 9.88. The van der Waals surface area contributed by atoms with Gasteiger partial charge in [-0.1, -0.05) is 57.2 Å². The van der Waals surface area contributed by atoms with E-state index in [0.717, 1.165) is 16.7 Å². The first-order valence-electron chi connectivity index (χ1n) is 9.36. The molecule has 0 unspecified atom stereocenters. The molecule has 0 aliphatic carbocycles. The third kappa shape index (κ3) is 5.93. The van der Waals surface area contributed by atoms with Crippen LogP contribution in [0.3, 0.4) is 0 Å². The van der Waals surface area contributed by atoms with E-state index in [-0.39, 0.29) is 17.7 Å². The number of amides is 2. The minimum Gasteiger partial charge on any atom is -0.388 e. The van der Waals surface area contributed by atoms with Crippen LogP contribution in [0, 0.1) is 5.92 Å². The fourth-order valence-corrected chi connectivity index (χ4v) is 2.62. The summed E-state index contributed by atoms with van der Waals surface area (Å²) >= 11 is 0. The van der Waals surface area contributed by atoms with E-state index < -0.39 is 6.10 Å². The molecule has 5 nitrogen and oxygen atoms in total. The number of rotatable bonds is 8. The van der Waals surface area contributed by atoms with Crippen molar-refractivity contribution in [2.24, 2.45) is 5.92 Å². The third-order valence-corrected chi connectivity index (χ3v) is 4.40. The van der Waals surface area contributed by atoms with Crippen molar-refractivity contribution < 1.29 is 14.7 Å². The molecule has 3 N–H and O–H groups in total. The Morgan fingerprint density at radius 1 is 0.889 bits per heavy atom. The van der Waals surface area contributed by atoms with Gasteiger partial charge in [0.15, 0.2) is 0 Å². The molecule has 144 valence electrons. The predicted molar refractivity (Wildman–Crippen MR) is 107 cm³/mol. The number of hydrogen-bond acceptors (Lipinski definition) is 3. The number of benzene rings is 2. The summed E-state index contributed by atoms with van der Waals surface area (Å²) in [6.45, 7) is 6.40. The Morgan fingerprint density at radius 2 is 1.41 bits per heavy atom. The summed E-state index contributed by atoms with van der Waals surface area (Å²) in [6.07, 6.45) is 0.250. The minimum absolute atomic E-state index is 0.0222. The molecule has 0 aromatic heterocycles. The molecule has 0 spiro atoms. The topological polar surface area (TPSA) is 78.4 Å². The normalized spacial score (nSPS) is 11.9. The van der Waals surface area contributed by atoms with Gasteiger partial charge in [-0.15, -0.1) is 0 Å². The predicted octanol–water partition coefficient (Wildman–Crippen LogP) is 3.30. The molecule has 2 rings (SSSR count). The van der Waals surface area contributed by atoms with Crippen LogP contribution in [-0.4, -0.2) is 30.0 Å². The van der Waals surface area contributed by atoms with Gasteiger partial charge in [0.05, 0.1) is 6.10 Å². The first-order chi connectivity index (χ1) is 12.9. The second-order valence-electron chi connectivity index (χ2n) is 6.83. The third-order valence-electron chi connectivity index (χ3n) is 4.40. The minimum atomic E-state index is -0.435. The lowest BCUT2D eigenvalue weighted by Gasteiger charge is -2.10. The maximum absolute atomic E-state index is 12.2. The highest BCUT2D eigenvalue weighted by Crippen LogP contribution is 2.23. The first-order valence-corrected chi connectivity index (χ1v) is 9.36. The molecule has 2 aromatic carbocycles. The van der Waals surface area contributed by atoms with E-state index in [2.05, 4.69) is 10.6 Å². The van der Waals surface area contributed by atoms with Gasteiger partial charge in [0, 0.05) is 24.6 Å². The van der Waals surface area contributed by atoms with E-state index >= 15 is 0 Å². The summed E-state index contributed by atoms with van der Waals surface area (Å²) in [4.78, 5) is 23.6. The van der Waals surface area contributed by atoms with Crippen molar-refractivity contribution in [3.05, 3.63) is 59.7 Å². The van der Waals surface area contributed by atoms with Gasteiger partial charge < -0.3 is 15.7 Å². The zero-order valence-electron chi connectivity index (χ0n) is 16.2. The number of carbonyl (C=O) groups is 2. The maximum Gasteiger partial charge on any atom is 0.251 e. The molecule has 27 heavy (non-hydrogen) atoms. The largest absolute Gasteiger partial charge is 0.388 e. The Labute approximate surface area is 160 Å². The van der Waals surface area contributed by atoms with Gasteiger partial charge in [0.2, 0.25) is 5.91 Å². The Hall–Kier alpha value is -2.66. The fraction of sp³-hybridized carbons (Fsp3) is 0.364.